The molecular formula is C13H14ClNO2. The number of methoxy groups -OCH3 is 1. The molecule has 0 radical (unpaired) electrons. The minimum Gasteiger partial charge on any atom is -0.495 e. The first-order valence-corrected chi connectivity index (χ1v) is 6.00. The van der Waals surface area contributed by atoms with Crippen LogP contribution in [0, 0.1) is 0 Å². The number of rotatable bonds is 4. The average molecular weight is 252 g/mol. The zero-order valence-corrected chi connectivity index (χ0v) is 10.7. The van der Waals surface area contributed by atoms with Crippen LogP contribution in [0.25, 0.3) is 0 Å². The van der Waals surface area contributed by atoms with E-state index in [1.807, 2.05) is 19.1 Å². The number of aryl methyl sites for hydroxylation is 1. The van der Waals surface area contributed by atoms with Crippen molar-refractivity contribution in [3.63, 3.8) is 0 Å². The van der Waals surface area contributed by atoms with Crippen LogP contribution in [0.2, 0.25) is 5.02 Å². The number of aliphatic imine (C=N–C) groups is 1. The van der Waals surface area contributed by atoms with Crippen molar-refractivity contribution in [3.05, 3.63) is 28.3 Å². The van der Waals surface area contributed by atoms with Crippen LogP contribution in [-0.4, -0.2) is 13.2 Å². The van der Waals surface area contributed by atoms with Crippen molar-refractivity contribution in [1.29, 1.82) is 0 Å². The minimum absolute atomic E-state index is 0.373. The molecule has 0 atom stereocenters. The molecule has 1 aliphatic rings. The van der Waals surface area contributed by atoms with Gasteiger partial charge in [-0.3, -0.25) is 0 Å². The molecule has 0 saturated heterocycles. The van der Waals surface area contributed by atoms with E-state index in [2.05, 4.69) is 4.99 Å². The second-order valence-corrected chi connectivity index (χ2v) is 4.65. The van der Waals surface area contributed by atoms with Gasteiger partial charge in [0.1, 0.15) is 5.75 Å². The maximum Gasteiger partial charge on any atom is 0.235 e. The third kappa shape index (κ3) is 2.08. The lowest BCUT2D eigenvalue weighted by Gasteiger charge is -2.14. The number of hydrogen-bond donors (Lipinski definition) is 0. The molecule has 2 rings (SSSR count). The summed E-state index contributed by atoms with van der Waals surface area (Å²) in [4.78, 5) is 14.4. The molecule has 1 fully saturated rings. The number of halogens is 1. The van der Waals surface area contributed by atoms with Crippen molar-refractivity contribution < 1.29 is 9.53 Å². The Labute approximate surface area is 105 Å². The van der Waals surface area contributed by atoms with Crippen LogP contribution in [0.3, 0.4) is 0 Å². The number of carbonyl (C=O) groups excluding carboxylic acids is 1. The number of isocyanates is 1. The normalized spacial score (nSPS) is 16.2. The van der Waals surface area contributed by atoms with Gasteiger partial charge < -0.3 is 4.74 Å². The summed E-state index contributed by atoms with van der Waals surface area (Å²) in [5.41, 5.74) is 1.66. The zero-order valence-electron chi connectivity index (χ0n) is 9.92. The summed E-state index contributed by atoms with van der Waals surface area (Å²) in [6, 6.07) is 3.87. The molecule has 17 heavy (non-hydrogen) atoms. The highest BCUT2D eigenvalue weighted by Crippen LogP contribution is 2.51. The Morgan fingerprint density at radius 1 is 1.53 bits per heavy atom. The summed E-state index contributed by atoms with van der Waals surface area (Å²) >= 11 is 6.18. The first-order chi connectivity index (χ1) is 8.16. The summed E-state index contributed by atoms with van der Waals surface area (Å²) in [6.07, 6.45) is 4.25. The van der Waals surface area contributed by atoms with Gasteiger partial charge >= 0.3 is 0 Å². The van der Waals surface area contributed by atoms with E-state index in [4.69, 9.17) is 16.3 Å². The lowest BCUT2D eigenvalue weighted by atomic mass is 10.0. The summed E-state index contributed by atoms with van der Waals surface area (Å²) in [5, 5.41) is 0.578. The largest absolute Gasteiger partial charge is 0.495 e. The maximum atomic E-state index is 10.4. The molecule has 1 aromatic rings. The van der Waals surface area contributed by atoms with Gasteiger partial charge in [0, 0.05) is 0 Å². The van der Waals surface area contributed by atoms with E-state index >= 15 is 0 Å². The van der Waals surface area contributed by atoms with Gasteiger partial charge in [-0.2, -0.15) is 4.99 Å². The second-order valence-electron chi connectivity index (χ2n) is 4.24. The van der Waals surface area contributed by atoms with Crippen molar-refractivity contribution in [3.8, 4) is 5.75 Å². The summed E-state index contributed by atoms with van der Waals surface area (Å²) in [5.74, 6) is 0.712. The molecule has 0 amide bonds. The zero-order chi connectivity index (χ0) is 12.5. The van der Waals surface area contributed by atoms with Crippen LogP contribution in [-0.2, 0) is 16.8 Å². The molecule has 0 heterocycles. The maximum absolute atomic E-state index is 10.4. The second kappa shape index (κ2) is 4.52. The van der Waals surface area contributed by atoms with Gasteiger partial charge in [-0.1, -0.05) is 18.5 Å². The molecule has 4 heteroatoms. The topological polar surface area (TPSA) is 38.7 Å². The van der Waals surface area contributed by atoms with Gasteiger partial charge in [0.25, 0.3) is 0 Å². The van der Waals surface area contributed by atoms with Gasteiger partial charge in [-0.15, -0.1) is 0 Å². The van der Waals surface area contributed by atoms with Crippen molar-refractivity contribution in [2.24, 2.45) is 4.99 Å². The first-order valence-electron chi connectivity index (χ1n) is 5.63. The Kier molecular flexibility index (Phi) is 3.23. The fraction of sp³-hybridized carbons (Fsp3) is 0.462. The molecule has 0 unspecified atom stereocenters. The fourth-order valence-corrected chi connectivity index (χ4v) is 2.40. The van der Waals surface area contributed by atoms with Crippen LogP contribution in [0.4, 0.5) is 0 Å². The third-order valence-electron chi connectivity index (χ3n) is 3.23. The van der Waals surface area contributed by atoms with Gasteiger partial charge in [0.15, 0.2) is 0 Å². The monoisotopic (exact) mass is 251 g/mol. The highest BCUT2D eigenvalue weighted by atomic mass is 35.5. The van der Waals surface area contributed by atoms with Crippen LogP contribution in [0.1, 0.15) is 30.9 Å². The fourth-order valence-electron chi connectivity index (χ4n) is 2.08. The van der Waals surface area contributed by atoms with Crippen LogP contribution in [0.15, 0.2) is 17.1 Å². The Morgan fingerprint density at radius 3 is 2.71 bits per heavy atom. The molecular weight excluding hydrogens is 238 g/mol. The van der Waals surface area contributed by atoms with E-state index in [9.17, 15) is 4.79 Å². The molecule has 0 bridgehead atoms. The van der Waals surface area contributed by atoms with E-state index < -0.39 is 0 Å². The van der Waals surface area contributed by atoms with E-state index in [-0.39, 0.29) is 5.54 Å². The lowest BCUT2D eigenvalue weighted by Crippen LogP contribution is -2.04. The number of nitrogens with zero attached hydrogens (tertiary/aromatic N) is 1. The molecule has 1 saturated carbocycles. The average Bonchev–Trinajstić information content (AvgIpc) is 3.09. The Hall–Kier alpha value is -1.31. The minimum atomic E-state index is -0.373. The molecule has 90 valence electrons. The molecule has 0 aliphatic heterocycles. The van der Waals surface area contributed by atoms with Crippen molar-refractivity contribution >= 4 is 17.7 Å². The highest BCUT2D eigenvalue weighted by Gasteiger charge is 2.45. The Balaban J connectivity index is 2.51. The SMILES string of the molecule is CCc1cc(C2(N=C=O)CC2)cc(Cl)c1OC. The van der Waals surface area contributed by atoms with Gasteiger partial charge in [0.2, 0.25) is 6.08 Å². The highest BCUT2D eigenvalue weighted by molar-refractivity contribution is 6.32. The van der Waals surface area contributed by atoms with E-state index in [1.54, 1.807) is 13.2 Å². The summed E-state index contributed by atoms with van der Waals surface area (Å²) in [6.45, 7) is 2.04. The number of ether oxygens (including phenoxy) is 1. The van der Waals surface area contributed by atoms with Crippen molar-refractivity contribution in [1.82, 2.24) is 0 Å². The molecule has 3 nitrogen and oxygen atoms in total. The first kappa shape index (κ1) is 12.2. The predicted molar refractivity (Wildman–Crippen MR) is 66.4 cm³/mol. The standard InChI is InChI=1S/C13H14ClNO2/c1-3-9-6-10(7-11(14)12(9)17-2)13(4-5-13)15-8-16/h6-7H,3-5H2,1-2H3. The van der Waals surface area contributed by atoms with E-state index in [1.165, 1.54) is 0 Å². The van der Waals surface area contributed by atoms with Crippen molar-refractivity contribution in [2.75, 3.05) is 7.11 Å². The smallest absolute Gasteiger partial charge is 0.235 e. The predicted octanol–water partition coefficient (Wildman–Crippen LogP) is 3.24. The van der Waals surface area contributed by atoms with Gasteiger partial charge in [-0.25, -0.2) is 4.79 Å². The summed E-state index contributed by atoms with van der Waals surface area (Å²) in [7, 11) is 1.61. The molecule has 0 aromatic heterocycles. The van der Waals surface area contributed by atoms with Crippen LogP contribution >= 0.6 is 11.6 Å². The molecule has 1 aromatic carbocycles. The van der Waals surface area contributed by atoms with Gasteiger partial charge in [0.05, 0.1) is 17.7 Å². The number of hydrogen-bond acceptors (Lipinski definition) is 3. The molecule has 0 N–H and O–H groups in total. The Bertz CT molecular complexity index is 488. The van der Waals surface area contributed by atoms with E-state index in [0.29, 0.717) is 10.8 Å². The summed E-state index contributed by atoms with van der Waals surface area (Å²) < 4.78 is 5.28. The third-order valence-corrected chi connectivity index (χ3v) is 3.51. The van der Waals surface area contributed by atoms with Crippen LogP contribution < -0.4 is 4.74 Å². The van der Waals surface area contributed by atoms with Crippen molar-refractivity contribution in [2.45, 2.75) is 31.7 Å². The quantitative estimate of drug-likeness (QED) is 0.609. The lowest BCUT2D eigenvalue weighted by molar-refractivity contribution is 0.410. The molecule has 0 spiro atoms. The van der Waals surface area contributed by atoms with Crippen LogP contribution in [0.5, 0.6) is 5.75 Å². The Morgan fingerprint density at radius 2 is 2.24 bits per heavy atom. The number of benzene rings is 1. The van der Waals surface area contributed by atoms with E-state index in [0.717, 1.165) is 30.4 Å². The molecule has 1 aliphatic carbocycles. The van der Waals surface area contributed by atoms with Gasteiger partial charge in [-0.05, 0) is 42.5 Å².